The van der Waals surface area contributed by atoms with Gasteiger partial charge >= 0.3 is 0 Å². The van der Waals surface area contributed by atoms with Gasteiger partial charge < -0.3 is 9.80 Å². The topological polar surface area (TPSA) is 33.5 Å². The fraction of sp³-hybridized carbons (Fsp3) is 0.600. The van der Waals surface area contributed by atoms with Gasteiger partial charge in [0.25, 0.3) is 5.91 Å². The second-order valence-corrected chi connectivity index (χ2v) is 7.00. The van der Waals surface area contributed by atoms with Crippen LogP contribution in [0.25, 0.3) is 4.85 Å². The first-order valence-corrected chi connectivity index (χ1v) is 9.06. The second kappa shape index (κ2) is 6.94. The van der Waals surface area contributed by atoms with E-state index in [0.29, 0.717) is 5.69 Å². The summed E-state index contributed by atoms with van der Waals surface area (Å²) < 4.78 is 0.858. The number of benzene rings is 1. The molecule has 0 spiro atoms. The molecule has 1 fully saturated rings. The van der Waals surface area contributed by atoms with Gasteiger partial charge in [0.05, 0.1) is 26.2 Å². The number of rotatable bonds is 6. The number of hydrogen-bond acceptors (Lipinski definition) is 1. The number of likely N-dealkylation sites (N-methyl/N-ethyl adjacent to an activating group) is 1. The minimum absolute atomic E-state index is 0.154. The molecule has 2 rings (SSSR count). The summed E-state index contributed by atoms with van der Waals surface area (Å²) in [6.45, 7) is 20.6. The molecule has 4 heteroatoms. The van der Waals surface area contributed by atoms with Crippen molar-refractivity contribution < 1.29 is 9.28 Å². The summed E-state index contributed by atoms with van der Waals surface area (Å²) in [6.07, 6.45) is 3.06. The summed E-state index contributed by atoms with van der Waals surface area (Å²) in [5.74, 6) is 0.154. The Labute approximate surface area is 146 Å². The van der Waals surface area contributed by atoms with Gasteiger partial charge in [0.15, 0.2) is 11.2 Å². The lowest BCUT2D eigenvalue weighted by molar-refractivity contribution is -0.967. The first-order valence-electron chi connectivity index (χ1n) is 9.06. The second-order valence-electron chi connectivity index (χ2n) is 7.00. The van der Waals surface area contributed by atoms with E-state index in [-0.39, 0.29) is 11.4 Å². The summed E-state index contributed by atoms with van der Waals surface area (Å²) in [5.41, 5.74) is 3.13. The highest BCUT2D eigenvalue weighted by Gasteiger charge is 2.58. The van der Waals surface area contributed by atoms with Crippen LogP contribution >= 0.6 is 0 Å². The Kier molecular flexibility index (Phi) is 5.35. The molecule has 0 saturated heterocycles. The molecule has 0 atom stereocenters. The number of carbonyl (C=O) groups excluding carboxylic acids is 1. The SMILES string of the molecule is [C-]#[N+]c1cc(C)c(NC(=O)C2([N+](CC)(CC)CC)CCC2)c(C)c1. The first kappa shape index (κ1) is 18.5. The minimum Gasteiger partial charge on any atom is -0.320 e. The van der Waals surface area contributed by atoms with Crippen molar-refractivity contribution in [3.8, 4) is 0 Å². The van der Waals surface area contributed by atoms with Crippen molar-refractivity contribution in [2.24, 2.45) is 0 Å². The Morgan fingerprint density at radius 1 is 1.17 bits per heavy atom. The number of carbonyl (C=O) groups is 1. The summed E-state index contributed by atoms with van der Waals surface area (Å²) in [4.78, 5) is 16.8. The average Bonchev–Trinajstić information content (AvgIpc) is 2.53. The maximum Gasteiger partial charge on any atom is 0.285 e. The Morgan fingerprint density at radius 2 is 1.67 bits per heavy atom. The fourth-order valence-corrected chi connectivity index (χ4v) is 4.44. The van der Waals surface area contributed by atoms with Crippen LogP contribution in [0.15, 0.2) is 12.1 Å². The van der Waals surface area contributed by atoms with Gasteiger partial charge in [-0.1, -0.05) is 12.1 Å². The fourth-order valence-electron chi connectivity index (χ4n) is 4.44. The third kappa shape index (κ3) is 2.71. The number of aryl methyl sites for hydroxylation is 2. The van der Waals surface area contributed by atoms with E-state index in [0.717, 1.165) is 60.2 Å². The normalized spacial score (nSPS) is 16.2. The lowest BCUT2D eigenvalue weighted by Crippen LogP contribution is -2.72. The van der Waals surface area contributed by atoms with E-state index in [1.54, 1.807) is 0 Å². The van der Waals surface area contributed by atoms with Gasteiger partial charge in [-0.2, -0.15) is 0 Å². The standard InChI is InChI=1S/C20H29N3O/c1-7-23(8-2,9-3)20(11-10-12-20)19(24)22-18-15(4)13-17(21-6)14-16(18)5/h13-14H,7-12H2,1-5H3/p+1. The number of nitrogens with zero attached hydrogens (tertiary/aromatic N) is 2. The van der Waals surface area contributed by atoms with Gasteiger partial charge in [-0.15, -0.1) is 0 Å². The van der Waals surface area contributed by atoms with E-state index >= 15 is 0 Å². The van der Waals surface area contributed by atoms with Crippen LogP contribution in [-0.4, -0.2) is 35.6 Å². The summed E-state index contributed by atoms with van der Waals surface area (Å²) in [6, 6.07) is 3.70. The number of quaternary nitrogens is 1. The minimum atomic E-state index is -0.296. The Hall–Kier alpha value is -1.86. The lowest BCUT2D eigenvalue weighted by atomic mass is 9.72. The average molecular weight is 328 g/mol. The molecule has 1 N–H and O–H groups in total. The van der Waals surface area contributed by atoms with Crippen LogP contribution in [0.3, 0.4) is 0 Å². The summed E-state index contributed by atoms with van der Waals surface area (Å²) >= 11 is 0. The van der Waals surface area contributed by atoms with Gasteiger partial charge in [0.1, 0.15) is 0 Å². The van der Waals surface area contributed by atoms with Gasteiger partial charge in [-0.3, -0.25) is 4.79 Å². The summed E-state index contributed by atoms with van der Waals surface area (Å²) in [7, 11) is 0. The molecular formula is C20H30N3O+. The van der Waals surface area contributed by atoms with E-state index in [1.807, 2.05) is 26.0 Å². The van der Waals surface area contributed by atoms with Crippen LogP contribution in [-0.2, 0) is 4.79 Å². The molecule has 0 bridgehead atoms. The van der Waals surface area contributed by atoms with Crippen LogP contribution in [0, 0.1) is 20.4 Å². The van der Waals surface area contributed by atoms with Crippen molar-refractivity contribution in [2.75, 3.05) is 25.0 Å². The van der Waals surface area contributed by atoms with Gasteiger partial charge in [0, 0.05) is 18.5 Å². The largest absolute Gasteiger partial charge is 0.320 e. The van der Waals surface area contributed by atoms with Crippen molar-refractivity contribution >= 4 is 17.3 Å². The molecule has 1 aliphatic carbocycles. The van der Waals surface area contributed by atoms with Crippen LogP contribution < -0.4 is 5.32 Å². The molecule has 24 heavy (non-hydrogen) atoms. The molecular weight excluding hydrogens is 298 g/mol. The molecule has 0 unspecified atom stereocenters. The highest BCUT2D eigenvalue weighted by atomic mass is 16.2. The van der Waals surface area contributed by atoms with Crippen LogP contribution in [0.4, 0.5) is 11.4 Å². The molecule has 1 saturated carbocycles. The number of hydrogen-bond donors (Lipinski definition) is 1. The monoisotopic (exact) mass is 328 g/mol. The van der Waals surface area contributed by atoms with E-state index < -0.39 is 0 Å². The molecule has 1 aromatic rings. The molecule has 1 amide bonds. The van der Waals surface area contributed by atoms with E-state index in [9.17, 15) is 4.79 Å². The summed E-state index contributed by atoms with van der Waals surface area (Å²) in [5, 5.41) is 3.22. The third-order valence-corrected chi connectivity index (χ3v) is 6.21. The van der Waals surface area contributed by atoms with Gasteiger partial charge in [-0.05, 0) is 52.2 Å². The van der Waals surface area contributed by atoms with Crippen molar-refractivity contribution in [3.05, 3.63) is 34.7 Å². The predicted octanol–water partition coefficient (Wildman–Crippen LogP) is 4.59. The predicted molar refractivity (Wildman–Crippen MR) is 99.3 cm³/mol. The van der Waals surface area contributed by atoms with Gasteiger partial charge in [-0.25, -0.2) is 4.85 Å². The molecule has 0 heterocycles. The smallest absolute Gasteiger partial charge is 0.285 e. The molecule has 0 aromatic heterocycles. The number of nitrogens with one attached hydrogen (secondary N) is 1. The zero-order chi connectivity index (χ0) is 18.0. The Balaban J connectivity index is 2.37. The first-order chi connectivity index (χ1) is 11.4. The van der Waals surface area contributed by atoms with E-state index in [1.165, 1.54) is 0 Å². The number of anilines is 1. The molecule has 0 radical (unpaired) electrons. The maximum atomic E-state index is 13.3. The molecule has 1 aliphatic rings. The maximum absolute atomic E-state index is 13.3. The zero-order valence-electron chi connectivity index (χ0n) is 15.7. The van der Waals surface area contributed by atoms with Crippen molar-refractivity contribution in [2.45, 2.75) is 59.4 Å². The van der Waals surface area contributed by atoms with Crippen molar-refractivity contribution in [3.63, 3.8) is 0 Å². The van der Waals surface area contributed by atoms with Crippen LogP contribution in [0.2, 0.25) is 0 Å². The van der Waals surface area contributed by atoms with E-state index in [2.05, 4.69) is 30.9 Å². The van der Waals surface area contributed by atoms with Crippen LogP contribution in [0.1, 0.15) is 51.2 Å². The van der Waals surface area contributed by atoms with Gasteiger partial charge in [0.2, 0.25) is 0 Å². The highest BCUT2D eigenvalue weighted by molar-refractivity contribution is 5.99. The quantitative estimate of drug-likeness (QED) is 0.601. The third-order valence-electron chi connectivity index (χ3n) is 6.21. The zero-order valence-corrected chi connectivity index (χ0v) is 15.7. The molecule has 4 nitrogen and oxygen atoms in total. The van der Waals surface area contributed by atoms with Crippen molar-refractivity contribution in [1.82, 2.24) is 0 Å². The Morgan fingerprint density at radius 3 is 2.00 bits per heavy atom. The number of amides is 1. The molecule has 1 aromatic carbocycles. The van der Waals surface area contributed by atoms with E-state index in [4.69, 9.17) is 6.57 Å². The highest BCUT2D eigenvalue weighted by Crippen LogP contribution is 2.44. The lowest BCUT2D eigenvalue weighted by Gasteiger charge is -2.55. The Bertz CT molecular complexity index is 633. The van der Waals surface area contributed by atoms with Crippen molar-refractivity contribution in [1.29, 1.82) is 0 Å². The molecule has 0 aliphatic heterocycles. The molecule has 130 valence electrons. The van der Waals surface area contributed by atoms with Crippen LogP contribution in [0.5, 0.6) is 0 Å².